The van der Waals surface area contributed by atoms with Gasteiger partial charge in [0.2, 0.25) is 5.91 Å². The Morgan fingerprint density at radius 1 is 1.33 bits per heavy atom. The number of rotatable bonds is 6. The zero-order valence-electron chi connectivity index (χ0n) is 12.0. The van der Waals surface area contributed by atoms with Gasteiger partial charge in [-0.1, -0.05) is 30.3 Å². The van der Waals surface area contributed by atoms with Crippen LogP contribution in [-0.2, 0) is 9.59 Å². The Hall–Kier alpha value is -1.88. The van der Waals surface area contributed by atoms with E-state index in [1.54, 1.807) is 0 Å². The van der Waals surface area contributed by atoms with E-state index in [9.17, 15) is 9.59 Å². The number of hydrogen-bond donors (Lipinski definition) is 3. The maximum Gasteiger partial charge on any atom is 0.303 e. The summed E-state index contributed by atoms with van der Waals surface area (Å²) in [5, 5.41) is 15.1. The van der Waals surface area contributed by atoms with Crippen molar-refractivity contribution in [3.8, 4) is 0 Å². The van der Waals surface area contributed by atoms with Crippen LogP contribution in [0.25, 0.3) is 0 Å². The molecule has 1 amide bonds. The van der Waals surface area contributed by atoms with Crippen LogP contribution >= 0.6 is 0 Å². The van der Waals surface area contributed by atoms with Crippen molar-refractivity contribution in [3.63, 3.8) is 0 Å². The number of piperidine rings is 1. The molecular formula is C16H22N2O3. The highest BCUT2D eigenvalue weighted by Gasteiger charge is 2.24. The second-order valence-electron chi connectivity index (χ2n) is 5.45. The molecule has 5 nitrogen and oxygen atoms in total. The minimum atomic E-state index is -0.843. The number of hydrogen-bond acceptors (Lipinski definition) is 3. The summed E-state index contributed by atoms with van der Waals surface area (Å²) in [6.07, 6.45) is 2.34. The maximum atomic E-state index is 12.3. The fraction of sp³-hybridized carbons (Fsp3) is 0.500. The Kier molecular flexibility index (Phi) is 5.75. The Morgan fingerprint density at radius 3 is 2.71 bits per heavy atom. The first kappa shape index (κ1) is 15.5. The lowest BCUT2D eigenvalue weighted by Crippen LogP contribution is -2.41. The summed E-state index contributed by atoms with van der Waals surface area (Å²) in [5.41, 5.74) is 0.955. The highest BCUT2D eigenvalue weighted by Crippen LogP contribution is 2.20. The molecule has 5 heteroatoms. The molecule has 2 rings (SSSR count). The van der Waals surface area contributed by atoms with Crippen LogP contribution in [-0.4, -0.2) is 30.1 Å². The second kappa shape index (κ2) is 7.78. The average molecular weight is 290 g/mol. The number of carbonyl (C=O) groups excluding carboxylic acids is 1. The van der Waals surface area contributed by atoms with Crippen LogP contribution < -0.4 is 10.6 Å². The Morgan fingerprint density at radius 2 is 2.10 bits per heavy atom. The van der Waals surface area contributed by atoms with Gasteiger partial charge in [-0.05, 0) is 31.4 Å². The predicted molar refractivity (Wildman–Crippen MR) is 79.8 cm³/mol. The zero-order chi connectivity index (χ0) is 15.1. The summed E-state index contributed by atoms with van der Waals surface area (Å²) >= 11 is 0. The van der Waals surface area contributed by atoms with Crippen LogP contribution in [0.4, 0.5) is 0 Å². The van der Waals surface area contributed by atoms with E-state index in [1.807, 2.05) is 30.3 Å². The van der Waals surface area contributed by atoms with Crippen LogP contribution in [0.3, 0.4) is 0 Å². The molecule has 2 atom stereocenters. The third-order valence-electron chi connectivity index (χ3n) is 3.83. The fourth-order valence-electron chi connectivity index (χ4n) is 2.64. The van der Waals surface area contributed by atoms with Crippen molar-refractivity contribution >= 4 is 11.9 Å². The lowest BCUT2D eigenvalue weighted by Gasteiger charge is -2.25. The molecule has 1 aromatic carbocycles. The molecule has 0 aliphatic carbocycles. The molecule has 0 aromatic heterocycles. The molecule has 1 aliphatic rings. The highest BCUT2D eigenvalue weighted by atomic mass is 16.4. The van der Waals surface area contributed by atoms with Crippen LogP contribution in [0.5, 0.6) is 0 Å². The van der Waals surface area contributed by atoms with Gasteiger partial charge in [-0.3, -0.25) is 9.59 Å². The molecule has 3 N–H and O–H groups in total. The van der Waals surface area contributed by atoms with Gasteiger partial charge < -0.3 is 15.7 Å². The van der Waals surface area contributed by atoms with Crippen LogP contribution in [0.1, 0.15) is 37.3 Å². The van der Waals surface area contributed by atoms with E-state index in [-0.39, 0.29) is 24.3 Å². The normalized spacial score (nSPS) is 19.7. The van der Waals surface area contributed by atoms with Crippen molar-refractivity contribution in [2.24, 2.45) is 5.92 Å². The van der Waals surface area contributed by atoms with Gasteiger partial charge in [0, 0.05) is 13.0 Å². The summed E-state index contributed by atoms with van der Waals surface area (Å²) in [4.78, 5) is 23.1. The molecule has 1 heterocycles. The Bertz CT molecular complexity index is 470. The van der Waals surface area contributed by atoms with Crippen molar-refractivity contribution in [3.05, 3.63) is 35.9 Å². The van der Waals surface area contributed by atoms with Gasteiger partial charge in [0.05, 0.1) is 12.0 Å². The minimum Gasteiger partial charge on any atom is -0.481 e. The van der Waals surface area contributed by atoms with Gasteiger partial charge in [0.25, 0.3) is 0 Å². The third-order valence-corrected chi connectivity index (χ3v) is 3.83. The van der Waals surface area contributed by atoms with Crippen molar-refractivity contribution < 1.29 is 14.7 Å². The summed E-state index contributed by atoms with van der Waals surface area (Å²) < 4.78 is 0. The molecule has 1 unspecified atom stereocenters. The molecule has 1 saturated heterocycles. The van der Waals surface area contributed by atoms with Gasteiger partial charge in [0.15, 0.2) is 0 Å². The van der Waals surface area contributed by atoms with E-state index < -0.39 is 5.97 Å². The van der Waals surface area contributed by atoms with E-state index >= 15 is 0 Å². The number of carboxylic acid groups (broad SMARTS) is 1. The first-order valence-electron chi connectivity index (χ1n) is 7.44. The molecular weight excluding hydrogens is 268 g/mol. The van der Waals surface area contributed by atoms with Crippen LogP contribution in [0.15, 0.2) is 30.3 Å². The third kappa shape index (κ3) is 4.86. The number of amides is 1. The van der Waals surface area contributed by atoms with Crippen molar-refractivity contribution in [2.75, 3.05) is 13.1 Å². The largest absolute Gasteiger partial charge is 0.481 e. The van der Waals surface area contributed by atoms with Gasteiger partial charge in [-0.25, -0.2) is 0 Å². The zero-order valence-corrected chi connectivity index (χ0v) is 12.0. The van der Waals surface area contributed by atoms with Crippen molar-refractivity contribution in [2.45, 2.75) is 31.7 Å². The van der Waals surface area contributed by atoms with Gasteiger partial charge in [0.1, 0.15) is 0 Å². The number of carbonyl (C=O) groups is 2. The monoisotopic (exact) mass is 290 g/mol. The van der Waals surface area contributed by atoms with E-state index in [0.717, 1.165) is 24.9 Å². The molecule has 21 heavy (non-hydrogen) atoms. The lowest BCUT2D eigenvalue weighted by atomic mass is 9.96. The molecule has 1 aliphatic heterocycles. The summed E-state index contributed by atoms with van der Waals surface area (Å²) in [7, 11) is 0. The molecule has 114 valence electrons. The van der Waals surface area contributed by atoms with E-state index in [1.165, 1.54) is 0 Å². The summed E-state index contributed by atoms with van der Waals surface area (Å²) in [6, 6.07) is 9.31. The molecule has 1 fully saturated rings. The lowest BCUT2D eigenvalue weighted by molar-refractivity contribution is -0.137. The van der Waals surface area contributed by atoms with E-state index in [4.69, 9.17) is 5.11 Å². The van der Waals surface area contributed by atoms with E-state index in [0.29, 0.717) is 13.0 Å². The number of benzene rings is 1. The first-order chi connectivity index (χ1) is 10.2. The fourth-order valence-corrected chi connectivity index (χ4v) is 2.64. The van der Waals surface area contributed by atoms with Crippen molar-refractivity contribution in [1.29, 1.82) is 0 Å². The van der Waals surface area contributed by atoms with Crippen molar-refractivity contribution in [1.82, 2.24) is 10.6 Å². The Labute approximate surface area is 124 Å². The van der Waals surface area contributed by atoms with Crippen LogP contribution in [0, 0.1) is 5.92 Å². The topological polar surface area (TPSA) is 78.4 Å². The molecule has 0 saturated carbocycles. The second-order valence-corrected chi connectivity index (χ2v) is 5.45. The van der Waals surface area contributed by atoms with Gasteiger partial charge in [-0.2, -0.15) is 0 Å². The molecule has 0 spiro atoms. The highest BCUT2D eigenvalue weighted by molar-refractivity contribution is 5.79. The Balaban J connectivity index is 2.00. The van der Waals surface area contributed by atoms with E-state index in [2.05, 4.69) is 10.6 Å². The molecule has 1 aromatic rings. The van der Waals surface area contributed by atoms with Gasteiger partial charge in [-0.15, -0.1) is 0 Å². The molecule has 0 radical (unpaired) electrons. The quantitative estimate of drug-likeness (QED) is 0.745. The minimum absolute atomic E-state index is 0.0152. The van der Waals surface area contributed by atoms with Crippen LogP contribution in [0.2, 0.25) is 0 Å². The number of aliphatic carboxylic acids is 1. The average Bonchev–Trinajstić information content (AvgIpc) is 2.52. The smallest absolute Gasteiger partial charge is 0.303 e. The first-order valence-corrected chi connectivity index (χ1v) is 7.44. The summed E-state index contributed by atoms with van der Waals surface area (Å²) in [5.74, 6) is -0.847. The number of carboxylic acids is 1. The SMILES string of the molecule is O=C(O)CCC(NC(=O)[C@H]1CCCNC1)c1ccccc1. The maximum absolute atomic E-state index is 12.3. The summed E-state index contributed by atoms with van der Waals surface area (Å²) in [6.45, 7) is 1.66. The standard InChI is InChI=1S/C16H22N2O3/c19-15(20)9-8-14(12-5-2-1-3-6-12)18-16(21)13-7-4-10-17-11-13/h1-3,5-6,13-14,17H,4,7-11H2,(H,18,21)(H,19,20)/t13-,14?/m0/s1. The predicted octanol–water partition coefficient (Wildman–Crippen LogP) is 1.71. The molecule has 0 bridgehead atoms. The van der Waals surface area contributed by atoms with Gasteiger partial charge >= 0.3 is 5.97 Å². The number of nitrogens with one attached hydrogen (secondary N) is 2.